The van der Waals surface area contributed by atoms with Crippen LogP contribution in [0, 0.1) is 11.7 Å². The molecule has 0 unspecified atom stereocenters. The van der Waals surface area contributed by atoms with Crippen LogP contribution >= 0.6 is 0 Å². The molecule has 0 spiro atoms. The third-order valence-corrected chi connectivity index (χ3v) is 3.35. The number of likely N-dealkylation sites (tertiary alicyclic amines) is 1. The maximum atomic E-state index is 12.7. The van der Waals surface area contributed by atoms with Gasteiger partial charge in [-0.05, 0) is 30.5 Å². The Hall–Kier alpha value is -1.71. The maximum absolute atomic E-state index is 12.7. The van der Waals surface area contributed by atoms with Gasteiger partial charge in [0.05, 0.1) is 6.42 Å². The average Bonchev–Trinajstić information content (AvgIpc) is 2.41. The van der Waals surface area contributed by atoms with Crippen molar-refractivity contribution in [3.8, 4) is 0 Å². The summed E-state index contributed by atoms with van der Waals surface area (Å²) in [4.78, 5) is 24.4. The molecule has 0 aromatic heterocycles. The van der Waals surface area contributed by atoms with Gasteiger partial charge >= 0.3 is 0 Å². The van der Waals surface area contributed by atoms with Gasteiger partial charge in [-0.3, -0.25) is 4.79 Å². The number of rotatable bonds is 3. The number of hydrogen-bond donors (Lipinski definition) is 0. The monoisotopic (exact) mass is 249 g/mol. The number of amides is 1. The molecule has 0 aliphatic carbocycles. The number of benzene rings is 1. The first kappa shape index (κ1) is 12.7. The predicted molar refractivity (Wildman–Crippen MR) is 65.5 cm³/mol. The second-order valence-electron chi connectivity index (χ2n) is 4.66. The molecular weight excluding hydrogens is 233 g/mol. The van der Waals surface area contributed by atoms with E-state index in [1.807, 2.05) is 0 Å². The number of halogens is 1. The van der Waals surface area contributed by atoms with Crippen molar-refractivity contribution in [2.75, 3.05) is 13.1 Å². The lowest BCUT2D eigenvalue weighted by Gasteiger charge is -2.29. The fourth-order valence-corrected chi connectivity index (χ4v) is 2.17. The molecule has 1 aliphatic heterocycles. The normalized spacial score (nSPS) is 16.6. The summed E-state index contributed by atoms with van der Waals surface area (Å²) >= 11 is 0. The van der Waals surface area contributed by atoms with Gasteiger partial charge in [0.25, 0.3) is 0 Å². The molecular formula is C14H16FNO2. The van der Waals surface area contributed by atoms with Crippen molar-refractivity contribution in [1.29, 1.82) is 0 Å². The van der Waals surface area contributed by atoms with Crippen LogP contribution in [0.4, 0.5) is 4.39 Å². The lowest BCUT2D eigenvalue weighted by molar-refractivity contribution is -0.132. The summed E-state index contributed by atoms with van der Waals surface area (Å²) in [6, 6.07) is 5.99. The zero-order valence-corrected chi connectivity index (χ0v) is 10.1. The first-order valence-corrected chi connectivity index (χ1v) is 6.16. The molecule has 1 aromatic rings. The van der Waals surface area contributed by atoms with Crippen molar-refractivity contribution < 1.29 is 14.0 Å². The van der Waals surface area contributed by atoms with Crippen LogP contribution in [0.15, 0.2) is 24.3 Å². The summed E-state index contributed by atoms with van der Waals surface area (Å²) in [7, 11) is 0. The van der Waals surface area contributed by atoms with Gasteiger partial charge in [-0.15, -0.1) is 0 Å². The molecule has 3 nitrogen and oxygen atoms in total. The summed E-state index contributed by atoms with van der Waals surface area (Å²) < 4.78 is 12.7. The van der Waals surface area contributed by atoms with Crippen LogP contribution in [0.1, 0.15) is 18.4 Å². The lowest BCUT2D eigenvalue weighted by atomic mass is 9.98. The highest BCUT2D eigenvalue weighted by Gasteiger charge is 2.22. The zero-order chi connectivity index (χ0) is 13.0. The number of piperidine rings is 1. The molecule has 2 rings (SSSR count). The van der Waals surface area contributed by atoms with Crippen LogP contribution < -0.4 is 0 Å². The van der Waals surface area contributed by atoms with Crippen LogP contribution in [0.2, 0.25) is 0 Å². The van der Waals surface area contributed by atoms with Crippen molar-refractivity contribution in [1.82, 2.24) is 4.90 Å². The zero-order valence-electron chi connectivity index (χ0n) is 10.1. The van der Waals surface area contributed by atoms with Gasteiger partial charge in [0, 0.05) is 19.0 Å². The highest BCUT2D eigenvalue weighted by Crippen LogP contribution is 2.16. The molecule has 0 radical (unpaired) electrons. The molecule has 1 aliphatic rings. The van der Waals surface area contributed by atoms with E-state index in [0.29, 0.717) is 19.5 Å². The summed E-state index contributed by atoms with van der Waals surface area (Å²) in [5, 5.41) is 0. The molecule has 1 aromatic carbocycles. The molecule has 96 valence electrons. The van der Waals surface area contributed by atoms with Crippen LogP contribution in [-0.2, 0) is 16.0 Å². The average molecular weight is 249 g/mol. The maximum Gasteiger partial charge on any atom is 0.226 e. The first-order chi connectivity index (χ1) is 8.69. The number of carbonyl (C=O) groups excluding carboxylic acids is 2. The van der Waals surface area contributed by atoms with E-state index < -0.39 is 0 Å². The van der Waals surface area contributed by atoms with Crippen LogP contribution in [-0.4, -0.2) is 30.2 Å². The van der Waals surface area contributed by atoms with E-state index in [1.165, 1.54) is 12.1 Å². The van der Waals surface area contributed by atoms with E-state index in [1.54, 1.807) is 17.0 Å². The molecule has 18 heavy (non-hydrogen) atoms. The number of hydrogen-bond acceptors (Lipinski definition) is 2. The van der Waals surface area contributed by atoms with Gasteiger partial charge in [0.1, 0.15) is 12.1 Å². The van der Waals surface area contributed by atoms with Gasteiger partial charge in [0.15, 0.2) is 0 Å². The molecule has 0 bridgehead atoms. The van der Waals surface area contributed by atoms with E-state index in [4.69, 9.17) is 0 Å². The molecule has 1 amide bonds. The van der Waals surface area contributed by atoms with Gasteiger partial charge < -0.3 is 9.69 Å². The third kappa shape index (κ3) is 3.15. The molecule has 1 fully saturated rings. The van der Waals surface area contributed by atoms with Crippen LogP contribution in [0.3, 0.4) is 0 Å². The summed E-state index contributed by atoms with van der Waals surface area (Å²) in [6.07, 6.45) is 2.77. The fourth-order valence-electron chi connectivity index (χ4n) is 2.17. The molecule has 0 saturated carbocycles. The smallest absolute Gasteiger partial charge is 0.226 e. The van der Waals surface area contributed by atoms with Crippen molar-refractivity contribution in [2.45, 2.75) is 19.3 Å². The molecule has 0 N–H and O–H groups in total. The summed E-state index contributed by atoms with van der Waals surface area (Å²) in [5.74, 6) is -0.149. The largest absolute Gasteiger partial charge is 0.342 e. The lowest BCUT2D eigenvalue weighted by Crippen LogP contribution is -2.39. The standard InChI is InChI=1S/C14H16FNO2/c15-13-3-1-11(2-4-13)9-14(18)16-7-5-12(10-17)6-8-16/h1-4,10,12H,5-9H2. The van der Waals surface area contributed by atoms with E-state index in [2.05, 4.69) is 0 Å². The Morgan fingerprint density at radius 1 is 1.28 bits per heavy atom. The highest BCUT2D eigenvalue weighted by molar-refractivity contribution is 5.79. The van der Waals surface area contributed by atoms with E-state index in [9.17, 15) is 14.0 Å². The number of carbonyl (C=O) groups is 2. The Bertz CT molecular complexity index is 422. The third-order valence-electron chi connectivity index (χ3n) is 3.35. The highest BCUT2D eigenvalue weighted by atomic mass is 19.1. The Morgan fingerprint density at radius 3 is 2.44 bits per heavy atom. The van der Waals surface area contributed by atoms with Gasteiger partial charge in [0.2, 0.25) is 5.91 Å². The second-order valence-corrected chi connectivity index (χ2v) is 4.66. The predicted octanol–water partition coefficient (Wildman–Crippen LogP) is 1.81. The van der Waals surface area contributed by atoms with Crippen LogP contribution in [0.25, 0.3) is 0 Å². The van der Waals surface area contributed by atoms with Gasteiger partial charge in [-0.1, -0.05) is 12.1 Å². The Labute approximate surface area is 106 Å². The van der Waals surface area contributed by atoms with Crippen LogP contribution in [0.5, 0.6) is 0 Å². The molecule has 0 atom stereocenters. The van der Waals surface area contributed by atoms with Gasteiger partial charge in [-0.25, -0.2) is 4.39 Å². The minimum atomic E-state index is -0.294. The summed E-state index contributed by atoms with van der Waals surface area (Å²) in [6.45, 7) is 1.28. The molecule has 4 heteroatoms. The van der Waals surface area contributed by atoms with Gasteiger partial charge in [-0.2, -0.15) is 0 Å². The minimum Gasteiger partial charge on any atom is -0.342 e. The molecule has 1 heterocycles. The minimum absolute atomic E-state index is 0.0472. The fraction of sp³-hybridized carbons (Fsp3) is 0.429. The Morgan fingerprint density at radius 2 is 1.89 bits per heavy atom. The van der Waals surface area contributed by atoms with Crippen molar-refractivity contribution in [2.24, 2.45) is 5.92 Å². The van der Waals surface area contributed by atoms with E-state index in [-0.39, 0.29) is 17.6 Å². The Kier molecular flexibility index (Phi) is 4.07. The van der Waals surface area contributed by atoms with Crippen molar-refractivity contribution in [3.05, 3.63) is 35.6 Å². The van der Waals surface area contributed by atoms with E-state index >= 15 is 0 Å². The quantitative estimate of drug-likeness (QED) is 0.766. The molecule has 1 saturated heterocycles. The Balaban J connectivity index is 1.88. The second kappa shape index (κ2) is 5.76. The topological polar surface area (TPSA) is 37.4 Å². The van der Waals surface area contributed by atoms with Crippen molar-refractivity contribution in [3.63, 3.8) is 0 Å². The van der Waals surface area contributed by atoms with E-state index in [0.717, 1.165) is 24.7 Å². The number of nitrogens with zero attached hydrogens (tertiary/aromatic N) is 1. The first-order valence-electron chi connectivity index (χ1n) is 6.16. The summed E-state index contributed by atoms with van der Waals surface area (Å²) in [5.41, 5.74) is 0.818. The SMILES string of the molecule is O=CC1CCN(C(=O)Cc2ccc(F)cc2)CC1. The number of aldehydes is 1. The van der Waals surface area contributed by atoms with Crippen molar-refractivity contribution >= 4 is 12.2 Å².